The largest absolute Gasteiger partial charge is 0.378 e. The Morgan fingerprint density at radius 2 is 1.75 bits per heavy atom. The van der Waals surface area contributed by atoms with Crippen LogP contribution in [0.25, 0.3) is 0 Å². The number of ether oxygens (including phenoxy) is 1. The number of morpholine rings is 1. The van der Waals surface area contributed by atoms with Gasteiger partial charge in [0.15, 0.2) is 5.96 Å². The van der Waals surface area contributed by atoms with Crippen LogP contribution in [0.15, 0.2) is 23.2 Å². The molecule has 2 aliphatic heterocycles. The Morgan fingerprint density at radius 1 is 1.09 bits per heavy atom. The third-order valence-corrected chi connectivity index (χ3v) is 6.18. The van der Waals surface area contributed by atoms with Gasteiger partial charge in [-0.05, 0) is 25.5 Å². The predicted molar refractivity (Wildman–Crippen MR) is 129 cm³/mol. The lowest BCUT2D eigenvalue weighted by molar-refractivity contribution is -0.136. The highest BCUT2D eigenvalue weighted by Gasteiger charge is 2.43. The van der Waals surface area contributed by atoms with Crippen LogP contribution >= 0.6 is 24.0 Å². The molecule has 3 aliphatic rings. The van der Waals surface area contributed by atoms with Gasteiger partial charge in [0, 0.05) is 63.3 Å². The standard InChI is InChI=1S/C22H31F2N5O2.HI/c1-2-25-22(26-19-14-16(19)21-17(23)4-3-5-18(21)24)29-8-6-27(7-9-29)15-20(30)28-10-12-31-13-11-28;/h3-5,16,19H,2,6-15H2,1H3,(H,25,26);1H. The number of halogens is 3. The first-order valence-corrected chi connectivity index (χ1v) is 11.1. The van der Waals surface area contributed by atoms with E-state index in [-0.39, 0.29) is 47.4 Å². The molecule has 7 nitrogen and oxygen atoms in total. The van der Waals surface area contributed by atoms with Gasteiger partial charge in [-0.1, -0.05) is 6.07 Å². The number of amides is 1. The van der Waals surface area contributed by atoms with E-state index in [9.17, 15) is 13.6 Å². The van der Waals surface area contributed by atoms with Crippen LogP contribution in [0.5, 0.6) is 0 Å². The molecule has 2 unspecified atom stereocenters. The summed E-state index contributed by atoms with van der Waals surface area (Å²) in [6.07, 6.45) is 0.689. The summed E-state index contributed by atoms with van der Waals surface area (Å²) in [7, 11) is 0. The molecule has 1 aromatic rings. The summed E-state index contributed by atoms with van der Waals surface area (Å²) in [4.78, 5) is 23.3. The van der Waals surface area contributed by atoms with E-state index in [4.69, 9.17) is 4.74 Å². The number of carbonyl (C=O) groups is 1. The van der Waals surface area contributed by atoms with Crippen molar-refractivity contribution in [3.05, 3.63) is 35.4 Å². The molecular formula is C22H32F2IN5O2. The van der Waals surface area contributed by atoms with Crippen LogP contribution < -0.4 is 5.32 Å². The van der Waals surface area contributed by atoms with Gasteiger partial charge >= 0.3 is 0 Å². The second kappa shape index (κ2) is 11.6. The Kier molecular flexibility index (Phi) is 9.06. The van der Waals surface area contributed by atoms with Gasteiger partial charge in [0.05, 0.1) is 19.8 Å². The number of nitrogens with one attached hydrogen (secondary N) is 1. The monoisotopic (exact) mass is 563 g/mol. The highest BCUT2D eigenvalue weighted by atomic mass is 127. The van der Waals surface area contributed by atoms with Gasteiger partial charge < -0.3 is 19.9 Å². The van der Waals surface area contributed by atoms with E-state index in [2.05, 4.69) is 20.1 Å². The number of hydrogen-bond acceptors (Lipinski definition) is 4. The minimum Gasteiger partial charge on any atom is -0.378 e. The predicted octanol–water partition coefficient (Wildman–Crippen LogP) is 1.88. The Hall–Kier alpha value is -1.53. The van der Waals surface area contributed by atoms with Gasteiger partial charge in [-0.2, -0.15) is 0 Å². The highest BCUT2D eigenvalue weighted by Crippen LogP contribution is 2.43. The number of nitrogens with zero attached hydrogens (tertiary/aromatic N) is 4. The topological polar surface area (TPSA) is 60.4 Å². The van der Waals surface area contributed by atoms with Crippen molar-refractivity contribution in [3.8, 4) is 0 Å². The first-order valence-electron chi connectivity index (χ1n) is 11.1. The molecule has 10 heteroatoms. The van der Waals surface area contributed by atoms with Gasteiger partial charge in [0.2, 0.25) is 5.91 Å². The zero-order valence-electron chi connectivity index (χ0n) is 18.4. The number of aliphatic imine (C=N–C) groups is 1. The molecule has 4 rings (SSSR count). The second-order valence-corrected chi connectivity index (χ2v) is 8.28. The van der Waals surface area contributed by atoms with Gasteiger partial charge in [0.25, 0.3) is 0 Å². The minimum atomic E-state index is -0.484. The number of rotatable bonds is 5. The smallest absolute Gasteiger partial charge is 0.236 e. The molecule has 1 aliphatic carbocycles. The van der Waals surface area contributed by atoms with E-state index in [1.807, 2.05) is 11.8 Å². The zero-order chi connectivity index (χ0) is 21.8. The summed E-state index contributed by atoms with van der Waals surface area (Å²) in [5.74, 6) is -0.199. The molecule has 32 heavy (non-hydrogen) atoms. The van der Waals surface area contributed by atoms with Crippen molar-refractivity contribution in [3.63, 3.8) is 0 Å². The molecule has 2 atom stereocenters. The van der Waals surface area contributed by atoms with Crippen LogP contribution in [0.1, 0.15) is 24.8 Å². The van der Waals surface area contributed by atoms with Crippen LogP contribution in [0.4, 0.5) is 8.78 Å². The van der Waals surface area contributed by atoms with Crippen molar-refractivity contribution < 1.29 is 18.3 Å². The molecule has 1 N–H and O–H groups in total. The van der Waals surface area contributed by atoms with Gasteiger partial charge in [-0.3, -0.25) is 14.7 Å². The van der Waals surface area contributed by atoms with Gasteiger partial charge in [-0.15, -0.1) is 24.0 Å². The summed E-state index contributed by atoms with van der Waals surface area (Å²) >= 11 is 0. The molecule has 2 heterocycles. The Morgan fingerprint density at radius 3 is 2.38 bits per heavy atom. The Balaban J connectivity index is 0.00000289. The van der Waals surface area contributed by atoms with Gasteiger partial charge in [-0.25, -0.2) is 8.78 Å². The Bertz CT molecular complexity index is 793. The number of hydrogen-bond donors (Lipinski definition) is 1. The van der Waals surface area contributed by atoms with Crippen LogP contribution in [0.2, 0.25) is 0 Å². The molecule has 3 fully saturated rings. The third-order valence-electron chi connectivity index (χ3n) is 6.18. The van der Waals surface area contributed by atoms with Crippen molar-refractivity contribution in [1.29, 1.82) is 0 Å². The molecule has 1 amide bonds. The second-order valence-electron chi connectivity index (χ2n) is 8.28. The van der Waals surface area contributed by atoms with Gasteiger partial charge in [0.1, 0.15) is 11.6 Å². The normalized spacial score (nSPS) is 24.2. The fraction of sp³-hybridized carbons (Fsp3) is 0.636. The molecule has 178 valence electrons. The molecule has 1 aromatic carbocycles. The van der Waals surface area contributed by atoms with E-state index >= 15 is 0 Å². The molecular weight excluding hydrogens is 531 g/mol. The van der Waals surface area contributed by atoms with Crippen LogP contribution in [0.3, 0.4) is 0 Å². The van der Waals surface area contributed by atoms with E-state index < -0.39 is 11.6 Å². The maximum atomic E-state index is 14.1. The number of carbonyl (C=O) groups excluding carboxylic acids is 1. The average molecular weight is 563 g/mol. The summed E-state index contributed by atoms with van der Waals surface area (Å²) < 4.78 is 33.5. The van der Waals surface area contributed by atoms with Crippen molar-refractivity contribution in [2.24, 2.45) is 4.99 Å². The maximum absolute atomic E-state index is 14.1. The molecule has 0 radical (unpaired) electrons. The lowest BCUT2D eigenvalue weighted by Gasteiger charge is -2.37. The van der Waals surface area contributed by atoms with E-state index in [1.165, 1.54) is 18.2 Å². The summed E-state index contributed by atoms with van der Waals surface area (Å²) in [5, 5.41) is 3.41. The van der Waals surface area contributed by atoms with Crippen molar-refractivity contribution in [1.82, 2.24) is 20.0 Å². The fourth-order valence-electron chi connectivity index (χ4n) is 4.31. The number of guanidine groups is 1. The first-order chi connectivity index (χ1) is 15.1. The lowest BCUT2D eigenvalue weighted by Crippen LogP contribution is -2.55. The fourth-order valence-corrected chi connectivity index (χ4v) is 4.31. The molecule has 0 aromatic heterocycles. The van der Waals surface area contributed by atoms with Crippen LogP contribution in [0, 0.1) is 11.6 Å². The summed E-state index contributed by atoms with van der Waals surface area (Å²) in [6, 6.07) is 4.00. The average Bonchev–Trinajstić information content (AvgIpc) is 3.53. The lowest BCUT2D eigenvalue weighted by atomic mass is 10.1. The van der Waals surface area contributed by atoms with E-state index in [1.54, 1.807) is 0 Å². The van der Waals surface area contributed by atoms with Crippen LogP contribution in [-0.4, -0.2) is 98.2 Å². The summed E-state index contributed by atoms with van der Waals surface area (Å²) in [6.45, 7) is 8.65. The zero-order valence-corrected chi connectivity index (χ0v) is 20.8. The van der Waals surface area contributed by atoms with Crippen molar-refractivity contribution in [2.75, 3.05) is 65.6 Å². The third kappa shape index (κ3) is 6.07. The highest BCUT2D eigenvalue weighted by molar-refractivity contribution is 14.0. The molecule has 0 bridgehead atoms. The quantitative estimate of drug-likeness (QED) is 0.337. The number of piperazine rings is 1. The summed E-state index contributed by atoms with van der Waals surface area (Å²) in [5.41, 5.74) is 0.169. The van der Waals surface area contributed by atoms with E-state index in [0.717, 1.165) is 32.1 Å². The number of benzene rings is 1. The molecule has 2 saturated heterocycles. The SMILES string of the molecule is CCN=C(NC1CC1c1c(F)cccc1F)N1CCN(CC(=O)N2CCOCC2)CC1.I. The van der Waals surface area contributed by atoms with Crippen molar-refractivity contribution >= 4 is 35.8 Å². The molecule has 1 saturated carbocycles. The minimum absolute atomic E-state index is 0. The Labute approximate surface area is 205 Å². The van der Waals surface area contributed by atoms with Crippen LogP contribution in [-0.2, 0) is 9.53 Å². The van der Waals surface area contributed by atoms with E-state index in [0.29, 0.717) is 45.8 Å². The molecule has 0 spiro atoms. The first kappa shape index (κ1) is 25.1. The maximum Gasteiger partial charge on any atom is 0.236 e. The van der Waals surface area contributed by atoms with Crippen molar-refractivity contribution in [2.45, 2.75) is 25.3 Å².